The molecule has 0 saturated heterocycles. The van der Waals surface area contributed by atoms with E-state index >= 15 is 0 Å². The summed E-state index contributed by atoms with van der Waals surface area (Å²) >= 11 is 1.38. The highest BCUT2D eigenvalue weighted by atomic mass is 32.1. The summed E-state index contributed by atoms with van der Waals surface area (Å²) < 4.78 is 0. The van der Waals surface area contributed by atoms with Crippen molar-refractivity contribution in [3.8, 4) is 0 Å². The molecule has 1 amide bonds. The third-order valence-electron chi connectivity index (χ3n) is 5.14. The fraction of sp³-hybridized carbons (Fsp3) is 0.333. The van der Waals surface area contributed by atoms with Crippen molar-refractivity contribution in [2.45, 2.75) is 45.2 Å². The van der Waals surface area contributed by atoms with Crippen LogP contribution in [0.15, 0.2) is 39.2 Å². The summed E-state index contributed by atoms with van der Waals surface area (Å²) in [6.07, 6.45) is 4.36. The molecule has 0 spiro atoms. The summed E-state index contributed by atoms with van der Waals surface area (Å²) in [5.41, 5.74) is 2.17. The van der Waals surface area contributed by atoms with Crippen LogP contribution in [0.3, 0.4) is 0 Å². The normalized spacial score (nSPS) is 14.2. The lowest BCUT2D eigenvalue weighted by Gasteiger charge is -2.18. The lowest BCUT2D eigenvalue weighted by molar-refractivity contribution is 0.102. The summed E-state index contributed by atoms with van der Waals surface area (Å²) in [6.45, 7) is 2.27. The van der Waals surface area contributed by atoms with E-state index in [1.54, 1.807) is 12.1 Å². The Morgan fingerprint density at radius 1 is 1.10 bits per heavy atom. The van der Waals surface area contributed by atoms with Crippen molar-refractivity contribution in [2.75, 3.05) is 16.0 Å². The van der Waals surface area contributed by atoms with Crippen LogP contribution in [0, 0.1) is 6.92 Å². The van der Waals surface area contributed by atoms with Crippen LogP contribution >= 0.6 is 11.3 Å². The predicted octanol–water partition coefficient (Wildman–Crippen LogP) is 3.27. The van der Waals surface area contributed by atoms with E-state index in [0.29, 0.717) is 28.6 Å². The van der Waals surface area contributed by atoms with Gasteiger partial charge in [-0.05, 0) is 37.5 Å². The first-order valence-corrected chi connectivity index (χ1v) is 10.6. The average Bonchev–Trinajstić information content (AvgIpc) is 3.39. The molecule has 4 rings (SSSR count). The molecule has 3 aromatic rings. The van der Waals surface area contributed by atoms with E-state index in [9.17, 15) is 14.4 Å². The zero-order valence-electron chi connectivity index (χ0n) is 16.1. The molecule has 1 saturated carbocycles. The number of carbonyl (C=O) groups is 1. The molecule has 0 unspecified atom stereocenters. The Morgan fingerprint density at radius 3 is 2.45 bits per heavy atom. The number of hydrogen-bond donors (Lipinski definition) is 3. The Labute approximate surface area is 171 Å². The first-order chi connectivity index (χ1) is 14.0. The number of thiazole rings is 1. The number of benzene rings is 1. The van der Waals surface area contributed by atoms with Crippen molar-refractivity contribution in [3.05, 3.63) is 66.9 Å². The molecule has 2 aromatic carbocycles. The lowest BCUT2D eigenvalue weighted by Crippen LogP contribution is -2.39. The molecule has 150 valence electrons. The summed E-state index contributed by atoms with van der Waals surface area (Å²) in [5, 5.41) is 11.5. The van der Waals surface area contributed by atoms with Gasteiger partial charge in [-0.2, -0.15) is 0 Å². The van der Waals surface area contributed by atoms with E-state index < -0.39 is 10.9 Å². The number of hydrogen-bond acceptors (Lipinski definition) is 7. The van der Waals surface area contributed by atoms with E-state index in [1.807, 2.05) is 24.4 Å². The zero-order chi connectivity index (χ0) is 20.4. The van der Waals surface area contributed by atoms with Gasteiger partial charge in [-0.3, -0.25) is 19.7 Å². The number of aromatic nitrogens is 1. The molecular formula is C21H22N4O3S. The topological polar surface area (TPSA) is 100 Å². The third-order valence-corrected chi connectivity index (χ3v) is 6.01. The molecule has 0 aliphatic heterocycles. The fourth-order valence-corrected chi connectivity index (χ4v) is 4.20. The highest BCUT2D eigenvalue weighted by molar-refractivity contribution is 7.13. The second-order valence-electron chi connectivity index (χ2n) is 7.33. The third kappa shape index (κ3) is 4.22. The fourth-order valence-electron chi connectivity index (χ4n) is 3.52. The van der Waals surface area contributed by atoms with Gasteiger partial charge in [-0.1, -0.05) is 25.0 Å². The number of nitrogens with zero attached hydrogens (tertiary/aromatic N) is 1. The number of nitrogens with one attached hydrogen (secondary N) is 3. The van der Waals surface area contributed by atoms with Gasteiger partial charge in [0.2, 0.25) is 0 Å². The highest BCUT2D eigenvalue weighted by Crippen LogP contribution is 2.24. The van der Waals surface area contributed by atoms with E-state index in [0.717, 1.165) is 36.9 Å². The van der Waals surface area contributed by atoms with Crippen LogP contribution in [-0.2, 0) is 6.54 Å². The van der Waals surface area contributed by atoms with Gasteiger partial charge in [-0.15, -0.1) is 11.3 Å². The largest absolute Gasteiger partial charge is 0.377 e. The molecule has 1 heterocycles. The predicted molar refractivity (Wildman–Crippen MR) is 116 cm³/mol. The van der Waals surface area contributed by atoms with Crippen LogP contribution in [0.2, 0.25) is 0 Å². The molecule has 7 nitrogen and oxygen atoms in total. The highest BCUT2D eigenvalue weighted by Gasteiger charge is 2.24. The number of rotatable bonds is 7. The summed E-state index contributed by atoms with van der Waals surface area (Å²) in [4.78, 5) is 40.3. The Morgan fingerprint density at radius 2 is 1.79 bits per heavy atom. The number of aryl methyl sites for hydroxylation is 1. The first-order valence-electron chi connectivity index (χ1n) is 9.67. The number of carbonyl (C=O) groups excluding carboxylic acids is 1. The molecule has 29 heavy (non-hydrogen) atoms. The Bertz CT molecular complexity index is 1090. The van der Waals surface area contributed by atoms with Crippen LogP contribution in [0.1, 0.15) is 47.3 Å². The average molecular weight is 410 g/mol. The van der Waals surface area contributed by atoms with Gasteiger partial charge in [-0.25, -0.2) is 4.98 Å². The molecule has 8 heteroatoms. The number of amides is 1. The Kier molecular flexibility index (Phi) is 5.44. The quantitative estimate of drug-likeness (QED) is 0.517. The second-order valence-corrected chi connectivity index (χ2v) is 8.19. The molecular weight excluding hydrogens is 388 g/mol. The van der Waals surface area contributed by atoms with Gasteiger partial charge >= 0.3 is 0 Å². The van der Waals surface area contributed by atoms with Crippen molar-refractivity contribution < 1.29 is 4.79 Å². The van der Waals surface area contributed by atoms with Crippen LogP contribution in [0.5, 0.6) is 0 Å². The first kappa shape index (κ1) is 19.3. The molecule has 1 aliphatic rings. The molecule has 3 N–H and O–H groups in total. The lowest BCUT2D eigenvalue weighted by atomic mass is 10.1. The van der Waals surface area contributed by atoms with E-state index in [2.05, 4.69) is 20.9 Å². The monoisotopic (exact) mass is 410 g/mol. The zero-order valence-corrected chi connectivity index (χ0v) is 16.9. The van der Waals surface area contributed by atoms with Gasteiger partial charge < -0.3 is 10.6 Å². The standard InChI is InChI=1S/C21H22N4O3S/c1-12-11-29-21(23-12)25-20(28)14-8-6-13(7-9-14)10-22-16-17(19(27)18(16)26)24-15-4-2-3-5-15/h6-9,11,15,22,24H,2-5,10H2,1H3,(H,23,25,28). The van der Waals surface area contributed by atoms with Crippen LogP contribution in [-0.4, -0.2) is 16.9 Å². The summed E-state index contributed by atoms with van der Waals surface area (Å²) in [5.74, 6) is -0.218. The van der Waals surface area contributed by atoms with E-state index in [1.165, 1.54) is 11.3 Å². The van der Waals surface area contributed by atoms with Crippen molar-refractivity contribution >= 4 is 33.8 Å². The maximum absolute atomic E-state index is 12.3. The SMILES string of the molecule is Cc1csc(NC(=O)c2ccc(CNc3c(NC4CCCC4)c(=O)c3=O)cc2)n1. The maximum Gasteiger partial charge on any atom is 0.257 e. The molecule has 0 atom stereocenters. The van der Waals surface area contributed by atoms with Crippen molar-refractivity contribution in [2.24, 2.45) is 0 Å². The molecule has 1 aromatic heterocycles. The summed E-state index contributed by atoms with van der Waals surface area (Å²) in [6, 6.07) is 7.38. The Hall–Kier alpha value is -3.00. The molecule has 1 fully saturated rings. The molecule has 0 bridgehead atoms. The van der Waals surface area contributed by atoms with Crippen LogP contribution in [0.4, 0.5) is 16.5 Å². The van der Waals surface area contributed by atoms with Gasteiger partial charge in [0.1, 0.15) is 11.4 Å². The van der Waals surface area contributed by atoms with E-state index in [-0.39, 0.29) is 11.9 Å². The second kappa shape index (κ2) is 8.16. The van der Waals surface area contributed by atoms with Crippen LogP contribution < -0.4 is 26.8 Å². The molecule has 1 aliphatic carbocycles. The minimum Gasteiger partial charge on any atom is -0.377 e. The smallest absolute Gasteiger partial charge is 0.257 e. The summed E-state index contributed by atoms with van der Waals surface area (Å²) in [7, 11) is 0. The van der Waals surface area contributed by atoms with Gasteiger partial charge in [0.15, 0.2) is 5.13 Å². The van der Waals surface area contributed by atoms with Crippen molar-refractivity contribution in [1.82, 2.24) is 4.98 Å². The minimum absolute atomic E-state index is 0.218. The van der Waals surface area contributed by atoms with Crippen molar-refractivity contribution in [1.29, 1.82) is 0 Å². The molecule has 0 radical (unpaired) electrons. The minimum atomic E-state index is -0.472. The van der Waals surface area contributed by atoms with Gasteiger partial charge in [0.25, 0.3) is 16.8 Å². The maximum atomic E-state index is 12.3. The number of anilines is 3. The van der Waals surface area contributed by atoms with Crippen molar-refractivity contribution in [3.63, 3.8) is 0 Å². The van der Waals surface area contributed by atoms with Gasteiger partial charge in [0.05, 0.1) is 5.69 Å². The van der Waals surface area contributed by atoms with E-state index in [4.69, 9.17) is 0 Å². The van der Waals surface area contributed by atoms with Gasteiger partial charge in [0, 0.05) is 23.5 Å². The Balaban J connectivity index is 1.36. The van der Waals surface area contributed by atoms with Crippen LogP contribution in [0.25, 0.3) is 0 Å².